The summed E-state index contributed by atoms with van der Waals surface area (Å²) in [6.45, 7) is 12.3. The second-order valence-corrected chi connectivity index (χ2v) is 13.4. The molecule has 0 radical (unpaired) electrons. The van der Waals surface area contributed by atoms with Crippen molar-refractivity contribution in [3.8, 4) is 11.5 Å². The molecule has 270 valence electrons. The minimum absolute atomic E-state index is 0.00885. The van der Waals surface area contributed by atoms with Gasteiger partial charge in [-0.25, -0.2) is 0 Å². The summed E-state index contributed by atoms with van der Waals surface area (Å²) >= 11 is 0. The molecule has 4 aliphatic rings. The number of aliphatic hydroxyl groups is 2. The molecule has 50 heavy (non-hydrogen) atoms. The average molecular weight is 696 g/mol. The van der Waals surface area contributed by atoms with Crippen molar-refractivity contribution in [3.05, 3.63) is 70.2 Å². The van der Waals surface area contributed by atoms with Crippen LogP contribution in [0.1, 0.15) is 85.1 Å². The van der Waals surface area contributed by atoms with E-state index in [4.69, 9.17) is 18.9 Å². The summed E-state index contributed by atoms with van der Waals surface area (Å²) in [7, 11) is 1.42. The van der Waals surface area contributed by atoms with Crippen molar-refractivity contribution >= 4 is 29.2 Å². The number of benzene rings is 1. The molecule has 0 saturated heterocycles. The van der Waals surface area contributed by atoms with Crippen molar-refractivity contribution in [2.24, 2.45) is 23.7 Å². The Hall–Kier alpha value is -4.59. The molecule has 9 atom stereocenters. The molecule has 0 aromatic heterocycles. The Balaban J connectivity index is 1.83. The number of carbonyl (C=O) groups is 5. The summed E-state index contributed by atoms with van der Waals surface area (Å²) in [6.07, 6.45) is 4.31. The molecule has 1 amide bonds. The van der Waals surface area contributed by atoms with Crippen LogP contribution in [0.15, 0.2) is 47.9 Å². The van der Waals surface area contributed by atoms with Gasteiger partial charge in [0, 0.05) is 61.8 Å². The molecule has 1 aromatic carbocycles. The number of esters is 1. The van der Waals surface area contributed by atoms with Gasteiger partial charge in [0.1, 0.15) is 17.6 Å². The normalized spacial score (nSPS) is 34.5. The third kappa shape index (κ3) is 7.03. The standard InChI is InChI=1S/C37H45NO12/c1-16-11-10-12-17(2)36(46)38-23-15-24(40)26-27(32(23)44)31(43)21(6)34-28(26)35(45)37(8,50-34)48-14-13-25(47-9)18(3)33(49-22(7)39)20(5)30(42)19(4)29(16)41/h10-16,18-20,25,29-30,33,41-43H,1-9H3,(H,38,46)/b11-10+,14-13-,17-12-/t16-,18+,19-,20+,25-,29-,30+,33+,37-/m0/s1. The van der Waals surface area contributed by atoms with Gasteiger partial charge < -0.3 is 39.6 Å². The third-order valence-corrected chi connectivity index (χ3v) is 9.80. The summed E-state index contributed by atoms with van der Waals surface area (Å²) < 4.78 is 23.1. The lowest BCUT2D eigenvalue weighted by Gasteiger charge is -2.38. The maximum absolute atomic E-state index is 13.9. The number of carbonyl (C=O) groups excluding carboxylic acids is 5. The van der Waals surface area contributed by atoms with Crippen molar-refractivity contribution in [1.29, 1.82) is 0 Å². The monoisotopic (exact) mass is 695 g/mol. The second kappa shape index (κ2) is 14.7. The summed E-state index contributed by atoms with van der Waals surface area (Å²) in [5, 5.41) is 36.1. The van der Waals surface area contributed by atoms with Crippen LogP contribution in [0.3, 0.4) is 0 Å². The Morgan fingerprint density at radius 2 is 1.60 bits per heavy atom. The maximum atomic E-state index is 13.9. The van der Waals surface area contributed by atoms with Gasteiger partial charge in [0.2, 0.25) is 5.78 Å². The van der Waals surface area contributed by atoms with Gasteiger partial charge in [-0.15, -0.1) is 0 Å². The van der Waals surface area contributed by atoms with E-state index in [1.54, 1.807) is 39.8 Å². The minimum atomic E-state index is -2.03. The molecule has 13 heteroatoms. The van der Waals surface area contributed by atoms with Gasteiger partial charge in [-0.05, 0) is 19.9 Å². The van der Waals surface area contributed by atoms with Crippen molar-refractivity contribution < 1.29 is 58.2 Å². The minimum Gasteiger partial charge on any atom is -0.507 e. The van der Waals surface area contributed by atoms with Crippen molar-refractivity contribution in [2.45, 2.75) is 85.6 Å². The lowest BCUT2D eigenvalue weighted by atomic mass is 9.78. The second-order valence-electron chi connectivity index (χ2n) is 13.4. The predicted octanol–water partition coefficient (Wildman–Crippen LogP) is 3.63. The number of phenolic OH excluding ortho intramolecular Hbond substituents is 1. The number of methoxy groups -OCH3 is 1. The average Bonchev–Trinajstić information content (AvgIpc) is 3.33. The fraction of sp³-hybridized carbons (Fsp3) is 0.486. The lowest BCUT2D eigenvalue weighted by molar-refractivity contribution is -0.160. The molecule has 0 unspecified atom stereocenters. The van der Waals surface area contributed by atoms with Crippen LogP contribution in [0, 0.1) is 30.6 Å². The zero-order chi connectivity index (χ0) is 37.4. The van der Waals surface area contributed by atoms with Gasteiger partial charge >= 0.3 is 11.8 Å². The van der Waals surface area contributed by atoms with E-state index in [9.17, 15) is 39.3 Å². The number of amides is 1. The SMILES string of the molecule is CO[C@H]1/C=C\O[C@@]2(C)Oc3c(C)c(O)c4c(c3C2=O)C(=O)C=C(NC(=O)/C(C)=C\C=C\[C@H](C)[C@H](O)[C@H](C)[C@@H](O)[C@@H](C)[C@H](OC(C)=O)[C@@H]1C)C4=O. The first-order valence-electron chi connectivity index (χ1n) is 16.4. The molecule has 13 nitrogen and oxygen atoms in total. The lowest BCUT2D eigenvalue weighted by Crippen LogP contribution is -2.46. The Bertz CT molecular complexity index is 1720. The van der Waals surface area contributed by atoms with Gasteiger partial charge in [0.05, 0.1) is 47.0 Å². The number of ether oxygens (including phenoxy) is 4. The molecular weight excluding hydrogens is 650 g/mol. The highest BCUT2D eigenvalue weighted by molar-refractivity contribution is 6.30. The molecule has 3 heterocycles. The Morgan fingerprint density at radius 3 is 2.22 bits per heavy atom. The van der Waals surface area contributed by atoms with E-state index in [2.05, 4.69) is 5.32 Å². The number of phenols is 1. The Morgan fingerprint density at radius 1 is 0.940 bits per heavy atom. The van der Waals surface area contributed by atoms with Gasteiger partial charge in [-0.2, -0.15) is 0 Å². The van der Waals surface area contributed by atoms with Crippen LogP contribution < -0.4 is 10.1 Å². The molecule has 5 bridgehead atoms. The van der Waals surface area contributed by atoms with Gasteiger partial charge in [-0.1, -0.05) is 45.9 Å². The van der Waals surface area contributed by atoms with Crippen LogP contribution in [0.5, 0.6) is 11.5 Å². The molecule has 4 N–H and O–H groups in total. The number of rotatable bonds is 2. The van der Waals surface area contributed by atoms with E-state index < -0.39 is 100 Å². The largest absolute Gasteiger partial charge is 0.507 e. The fourth-order valence-corrected chi connectivity index (χ4v) is 6.62. The van der Waals surface area contributed by atoms with E-state index in [0.717, 1.165) is 12.3 Å². The first-order chi connectivity index (χ1) is 23.4. The van der Waals surface area contributed by atoms with Crippen molar-refractivity contribution in [3.63, 3.8) is 0 Å². The number of hydrogen-bond acceptors (Lipinski definition) is 12. The van der Waals surface area contributed by atoms with E-state index in [-0.39, 0.29) is 28.0 Å². The Labute approximate surface area is 290 Å². The predicted molar refractivity (Wildman–Crippen MR) is 179 cm³/mol. The maximum Gasteiger partial charge on any atom is 0.312 e. The van der Waals surface area contributed by atoms with E-state index in [1.807, 2.05) is 0 Å². The van der Waals surface area contributed by atoms with E-state index >= 15 is 0 Å². The van der Waals surface area contributed by atoms with Crippen LogP contribution >= 0.6 is 0 Å². The number of fused-ring (bicyclic) bond motifs is 14. The quantitative estimate of drug-likeness (QED) is 0.329. The van der Waals surface area contributed by atoms with Gasteiger partial charge in [0.15, 0.2) is 5.78 Å². The van der Waals surface area contributed by atoms with Crippen molar-refractivity contribution in [2.75, 3.05) is 7.11 Å². The number of aliphatic hydroxyl groups excluding tert-OH is 2. The third-order valence-electron chi connectivity index (χ3n) is 9.80. The first-order valence-corrected chi connectivity index (χ1v) is 16.4. The van der Waals surface area contributed by atoms with E-state index in [1.165, 1.54) is 47.0 Å². The molecule has 5 rings (SSSR count). The van der Waals surface area contributed by atoms with Gasteiger partial charge in [-0.3, -0.25) is 24.0 Å². The zero-order valence-corrected chi connectivity index (χ0v) is 29.6. The van der Waals surface area contributed by atoms with E-state index in [0.29, 0.717) is 0 Å². The van der Waals surface area contributed by atoms with Crippen LogP contribution in [-0.4, -0.2) is 81.9 Å². The number of nitrogens with one attached hydrogen (secondary N) is 1. The zero-order valence-electron chi connectivity index (χ0n) is 29.6. The number of Topliss-reactive ketones (excluding diaryl/α,β-unsaturated/α-hetero) is 2. The molecule has 1 aliphatic carbocycles. The first kappa shape index (κ1) is 38.2. The van der Waals surface area contributed by atoms with Crippen LogP contribution in [0.25, 0.3) is 0 Å². The molecule has 0 spiro atoms. The number of allylic oxidation sites excluding steroid dienone is 4. The molecular formula is C37H45NO12. The number of aromatic hydroxyl groups is 1. The summed E-state index contributed by atoms with van der Waals surface area (Å²) in [6, 6.07) is 0. The summed E-state index contributed by atoms with van der Waals surface area (Å²) in [5.41, 5.74) is -1.31. The summed E-state index contributed by atoms with van der Waals surface area (Å²) in [5.74, 6) is -8.99. The van der Waals surface area contributed by atoms with Crippen molar-refractivity contribution in [1.82, 2.24) is 5.32 Å². The smallest absolute Gasteiger partial charge is 0.312 e. The highest BCUT2D eigenvalue weighted by atomic mass is 16.7. The molecule has 0 saturated carbocycles. The number of hydrogen-bond donors (Lipinski definition) is 4. The highest BCUT2D eigenvalue weighted by Crippen LogP contribution is 2.47. The van der Waals surface area contributed by atoms with Crippen LogP contribution in [0.2, 0.25) is 0 Å². The van der Waals surface area contributed by atoms with Crippen LogP contribution in [-0.2, 0) is 23.8 Å². The highest BCUT2D eigenvalue weighted by Gasteiger charge is 2.51. The summed E-state index contributed by atoms with van der Waals surface area (Å²) in [4.78, 5) is 66.2. The molecule has 3 aliphatic heterocycles. The van der Waals surface area contributed by atoms with Crippen LogP contribution in [0.4, 0.5) is 0 Å². The number of ketones is 3. The Kier molecular flexibility index (Phi) is 11.2. The fourth-order valence-electron chi connectivity index (χ4n) is 6.62. The molecule has 0 fully saturated rings. The topological polar surface area (TPSA) is 195 Å². The molecule has 1 aromatic rings. The van der Waals surface area contributed by atoms with Gasteiger partial charge in [0.25, 0.3) is 11.7 Å².